The molecule has 0 amide bonds. The summed E-state index contributed by atoms with van der Waals surface area (Å²) in [4.78, 5) is 0. The second kappa shape index (κ2) is 11.7. The summed E-state index contributed by atoms with van der Waals surface area (Å²) in [5.41, 5.74) is 3.52. The van der Waals surface area contributed by atoms with Crippen LogP contribution in [0.4, 0.5) is 0 Å². The molecule has 4 heteroatoms. The summed E-state index contributed by atoms with van der Waals surface area (Å²) < 4.78 is 12.0. The highest BCUT2D eigenvalue weighted by Crippen LogP contribution is 2.40. The number of hydrogen-bond acceptors (Lipinski definition) is 4. The van der Waals surface area contributed by atoms with Crippen LogP contribution in [0.15, 0.2) is 47.6 Å². The van der Waals surface area contributed by atoms with Crippen molar-refractivity contribution in [1.82, 2.24) is 0 Å². The molecule has 0 fully saturated rings. The number of benzene rings is 1. The van der Waals surface area contributed by atoms with Gasteiger partial charge in [0.1, 0.15) is 0 Å². The molecule has 1 aromatic rings. The third kappa shape index (κ3) is 6.51. The average molecular weight is 403 g/mol. The van der Waals surface area contributed by atoms with Crippen LogP contribution in [0, 0.1) is 11.8 Å². The largest absolute Gasteiger partial charge is 0.392 e. The van der Waals surface area contributed by atoms with Crippen molar-refractivity contribution in [3.63, 3.8) is 0 Å². The standard InChI is InChI=1S/C25H38O4/c1-19(2)9-8-10-20(3)13-14-29-25(28-4)16-22(17-26)24(15-23(25)18-27)21-11-6-5-7-12-21/h5-7,11-12,15,19-20,26-27H,8-10,13-14,16-18H2,1-4H3. The molecule has 0 spiro atoms. The summed E-state index contributed by atoms with van der Waals surface area (Å²) in [6.07, 6.45) is 6.99. The SMILES string of the molecule is COC1(OCCC(C)CCCC(C)C)CC(CO)=C(c2ccccc2)C=C1CO. The Kier molecular flexibility index (Phi) is 9.57. The van der Waals surface area contributed by atoms with Gasteiger partial charge in [-0.15, -0.1) is 0 Å². The Morgan fingerprint density at radius 1 is 1.00 bits per heavy atom. The molecule has 2 rings (SSSR count). The van der Waals surface area contributed by atoms with Crippen LogP contribution in [0.25, 0.3) is 5.57 Å². The lowest BCUT2D eigenvalue weighted by Crippen LogP contribution is -2.41. The molecule has 0 saturated heterocycles. The van der Waals surface area contributed by atoms with Crippen LogP contribution >= 0.6 is 0 Å². The molecule has 4 nitrogen and oxygen atoms in total. The summed E-state index contributed by atoms with van der Waals surface area (Å²) in [5.74, 6) is 0.320. The molecule has 1 aliphatic carbocycles. The van der Waals surface area contributed by atoms with Crippen molar-refractivity contribution in [2.75, 3.05) is 26.9 Å². The molecular weight excluding hydrogens is 364 g/mol. The summed E-state index contributed by atoms with van der Waals surface area (Å²) in [6.45, 7) is 7.13. The first kappa shape index (κ1) is 23.8. The predicted molar refractivity (Wildman–Crippen MR) is 118 cm³/mol. The van der Waals surface area contributed by atoms with Crippen molar-refractivity contribution in [3.8, 4) is 0 Å². The smallest absolute Gasteiger partial charge is 0.196 e. The van der Waals surface area contributed by atoms with Crippen LogP contribution in [0.3, 0.4) is 0 Å². The summed E-state index contributed by atoms with van der Waals surface area (Å²) >= 11 is 0. The lowest BCUT2D eigenvalue weighted by Gasteiger charge is -2.38. The molecule has 0 aromatic heterocycles. The van der Waals surface area contributed by atoms with Gasteiger partial charge < -0.3 is 19.7 Å². The molecule has 29 heavy (non-hydrogen) atoms. The normalized spacial score (nSPS) is 20.9. The van der Waals surface area contributed by atoms with E-state index in [0.717, 1.165) is 29.0 Å². The molecule has 1 aromatic carbocycles. The zero-order chi connectivity index (χ0) is 21.3. The molecule has 0 radical (unpaired) electrons. The second-order valence-electron chi connectivity index (χ2n) is 8.57. The van der Waals surface area contributed by atoms with E-state index in [4.69, 9.17) is 9.47 Å². The number of methoxy groups -OCH3 is 1. The third-order valence-corrected chi connectivity index (χ3v) is 5.83. The fourth-order valence-electron chi connectivity index (χ4n) is 3.94. The van der Waals surface area contributed by atoms with Gasteiger partial charge in [0.2, 0.25) is 0 Å². The first-order valence-corrected chi connectivity index (χ1v) is 10.8. The number of aliphatic hydroxyl groups is 2. The lowest BCUT2D eigenvalue weighted by molar-refractivity contribution is -0.201. The maximum absolute atomic E-state index is 10.0. The maximum Gasteiger partial charge on any atom is 0.196 e. The van der Waals surface area contributed by atoms with Gasteiger partial charge in [-0.25, -0.2) is 0 Å². The van der Waals surface area contributed by atoms with E-state index < -0.39 is 5.79 Å². The monoisotopic (exact) mass is 402 g/mol. The van der Waals surface area contributed by atoms with Crippen LogP contribution in [-0.2, 0) is 9.47 Å². The highest BCUT2D eigenvalue weighted by atomic mass is 16.7. The van der Waals surface area contributed by atoms with Gasteiger partial charge in [-0.3, -0.25) is 0 Å². The topological polar surface area (TPSA) is 58.9 Å². The molecule has 0 saturated carbocycles. The highest BCUT2D eigenvalue weighted by Gasteiger charge is 2.39. The molecule has 2 unspecified atom stereocenters. The fraction of sp³-hybridized carbons (Fsp3) is 0.600. The van der Waals surface area contributed by atoms with Crippen molar-refractivity contribution in [1.29, 1.82) is 0 Å². The van der Waals surface area contributed by atoms with Gasteiger partial charge >= 0.3 is 0 Å². The number of aliphatic hydroxyl groups excluding tert-OH is 2. The summed E-state index contributed by atoms with van der Waals surface area (Å²) in [7, 11) is 1.61. The van der Waals surface area contributed by atoms with Crippen LogP contribution in [0.1, 0.15) is 58.4 Å². The van der Waals surface area contributed by atoms with Gasteiger partial charge in [0, 0.05) is 19.1 Å². The quantitative estimate of drug-likeness (QED) is 0.485. The number of ether oxygens (including phenoxy) is 2. The fourth-order valence-corrected chi connectivity index (χ4v) is 3.94. The van der Waals surface area contributed by atoms with Gasteiger partial charge in [-0.1, -0.05) is 70.4 Å². The first-order valence-electron chi connectivity index (χ1n) is 10.8. The highest BCUT2D eigenvalue weighted by molar-refractivity contribution is 5.79. The van der Waals surface area contributed by atoms with Gasteiger partial charge in [0.25, 0.3) is 0 Å². The number of rotatable bonds is 12. The van der Waals surface area contributed by atoms with Crippen LogP contribution < -0.4 is 0 Å². The Hall–Kier alpha value is -1.46. The van der Waals surface area contributed by atoms with Crippen molar-refractivity contribution in [2.45, 2.75) is 58.7 Å². The van der Waals surface area contributed by atoms with Crippen molar-refractivity contribution >= 4 is 5.57 Å². The van der Waals surface area contributed by atoms with E-state index in [9.17, 15) is 10.2 Å². The van der Waals surface area contributed by atoms with Crippen molar-refractivity contribution < 1.29 is 19.7 Å². The minimum absolute atomic E-state index is 0.0699. The number of hydrogen-bond donors (Lipinski definition) is 2. The molecule has 2 N–H and O–H groups in total. The molecule has 1 aliphatic rings. The van der Waals surface area contributed by atoms with E-state index in [1.54, 1.807) is 7.11 Å². The first-order chi connectivity index (χ1) is 14.0. The van der Waals surface area contributed by atoms with Crippen LogP contribution in [-0.4, -0.2) is 42.9 Å². The Labute approximate surface area is 176 Å². The molecule has 2 atom stereocenters. The van der Waals surface area contributed by atoms with Crippen LogP contribution in [0.2, 0.25) is 0 Å². The second-order valence-corrected chi connectivity index (χ2v) is 8.57. The van der Waals surface area contributed by atoms with Gasteiger partial charge in [0.05, 0.1) is 19.8 Å². The van der Waals surface area contributed by atoms with Crippen molar-refractivity contribution in [3.05, 3.63) is 53.1 Å². The minimum atomic E-state index is -1.01. The Bertz CT molecular complexity index is 677. The zero-order valence-electron chi connectivity index (χ0n) is 18.5. The third-order valence-electron chi connectivity index (χ3n) is 5.83. The minimum Gasteiger partial charge on any atom is -0.392 e. The Balaban J connectivity index is 2.08. The molecule has 0 heterocycles. The van der Waals surface area contributed by atoms with E-state index in [1.807, 2.05) is 36.4 Å². The predicted octanol–water partition coefficient (Wildman–Crippen LogP) is 4.97. The van der Waals surface area contributed by atoms with E-state index in [1.165, 1.54) is 19.3 Å². The summed E-state index contributed by atoms with van der Waals surface area (Å²) in [5, 5.41) is 20.0. The van der Waals surface area contributed by atoms with E-state index in [-0.39, 0.29) is 13.2 Å². The van der Waals surface area contributed by atoms with E-state index >= 15 is 0 Å². The Morgan fingerprint density at radius 2 is 1.72 bits per heavy atom. The maximum atomic E-state index is 10.0. The zero-order valence-corrected chi connectivity index (χ0v) is 18.5. The Morgan fingerprint density at radius 3 is 2.31 bits per heavy atom. The average Bonchev–Trinajstić information content (AvgIpc) is 2.73. The molecule has 0 aliphatic heterocycles. The lowest BCUT2D eigenvalue weighted by atomic mass is 9.84. The van der Waals surface area contributed by atoms with E-state index in [0.29, 0.717) is 24.5 Å². The van der Waals surface area contributed by atoms with Gasteiger partial charge in [-0.05, 0) is 41.0 Å². The van der Waals surface area contributed by atoms with Gasteiger partial charge in [-0.2, -0.15) is 0 Å². The van der Waals surface area contributed by atoms with E-state index in [2.05, 4.69) is 20.8 Å². The molecular formula is C25H38O4. The van der Waals surface area contributed by atoms with Crippen LogP contribution in [0.5, 0.6) is 0 Å². The summed E-state index contributed by atoms with van der Waals surface area (Å²) in [6, 6.07) is 9.93. The van der Waals surface area contributed by atoms with Crippen molar-refractivity contribution in [2.24, 2.45) is 11.8 Å². The molecule has 162 valence electrons. The molecule has 0 bridgehead atoms. The number of allylic oxidation sites excluding steroid dienone is 2. The van der Waals surface area contributed by atoms with Gasteiger partial charge in [0.15, 0.2) is 5.79 Å².